The van der Waals surface area contributed by atoms with Gasteiger partial charge in [-0.3, -0.25) is 9.36 Å². The molecule has 1 N–H and O–H groups in total. The largest absolute Gasteiger partial charge is 0.446 e. The molecule has 130 valence electrons. The smallest absolute Gasteiger partial charge is 0.236 e. The molecule has 3 heterocycles. The van der Waals surface area contributed by atoms with Gasteiger partial charge in [0, 0.05) is 12.7 Å². The second kappa shape index (κ2) is 8.03. The molecule has 0 unspecified atom stereocenters. The van der Waals surface area contributed by atoms with Crippen LogP contribution in [0.5, 0.6) is 0 Å². The van der Waals surface area contributed by atoms with Gasteiger partial charge in [0.1, 0.15) is 5.82 Å². The van der Waals surface area contributed by atoms with E-state index in [0.29, 0.717) is 38.8 Å². The highest BCUT2D eigenvalue weighted by atomic mass is 79.9. The van der Waals surface area contributed by atoms with Crippen LogP contribution in [-0.4, -0.2) is 31.4 Å². The third kappa shape index (κ3) is 4.42. The zero-order valence-electron chi connectivity index (χ0n) is 13.1. The first kappa shape index (κ1) is 18.0. The van der Waals surface area contributed by atoms with E-state index in [-0.39, 0.29) is 11.7 Å². The summed E-state index contributed by atoms with van der Waals surface area (Å²) in [6.07, 6.45) is 1.48. The number of carbonyl (C=O) groups excluding carboxylic acids is 1. The number of thioether (sulfide) groups is 1. The summed E-state index contributed by atoms with van der Waals surface area (Å²) in [4.78, 5) is 16.1. The van der Waals surface area contributed by atoms with Crippen molar-refractivity contribution in [2.24, 2.45) is 0 Å². The van der Waals surface area contributed by atoms with Crippen LogP contribution in [0.15, 0.2) is 44.7 Å². The first-order valence-electron chi connectivity index (χ1n) is 7.30. The summed E-state index contributed by atoms with van der Waals surface area (Å²) >= 11 is 10.3. The average molecular weight is 443 g/mol. The van der Waals surface area contributed by atoms with Crippen LogP contribution in [0.1, 0.15) is 6.92 Å². The maximum absolute atomic E-state index is 12.1. The SMILES string of the molecule is CCn1c(SCC(=O)Nc2ccc(Cl)cn2)nnc1-c1ccc(Br)o1. The Bertz CT molecular complexity index is 880. The molecule has 0 fully saturated rings. The summed E-state index contributed by atoms with van der Waals surface area (Å²) < 4.78 is 8.04. The van der Waals surface area contributed by atoms with Crippen molar-refractivity contribution in [3.63, 3.8) is 0 Å². The van der Waals surface area contributed by atoms with Gasteiger partial charge in [0.2, 0.25) is 11.7 Å². The zero-order valence-corrected chi connectivity index (χ0v) is 16.2. The van der Waals surface area contributed by atoms with E-state index in [1.165, 1.54) is 18.0 Å². The first-order chi connectivity index (χ1) is 12.1. The molecular formula is C15H13BrClN5O2S. The van der Waals surface area contributed by atoms with Crippen molar-refractivity contribution in [3.05, 3.63) is 40.2 Å². The topological polar surface area (TPSA) is 85.8 Å². The molecular weight excluding hydrogens is 430 g/mol. The minimum atomic E-state index is -0.187. The number of nitrogens with zero attached hydrogens (tertiary/aromatic N) is 4. The summed E-state index contributed by atoms with van der Waals surface area (Å²) in [5.41, 5.74) is 0. The van der Waals surface area contributed by atoms with Gasteiger partial charge < -0.3 is 9.73 Å². The lowest BCUT2D eigenvalue weighted by molar-refractivity contribution is -0.113. The quantitative estimate of drug-likeness (QED) is 0.578. The molecule has 0 aliphatic carbocycles. The fourth-order valence-corrected chi connectivity index (χ4v) is 3.28. The van der Waals surface area contributed by atoms with Crippen molar-refractivity contribution < 1.29 is 9.21 Å². The third-order valence-electron chi connectivity index (χ3n) is 3.15. The highest BCUT2D eigenvalue weighted by molar-refractivity contribution is 9.10. The Morgan fingerprint density at radius 1 is 1.36 bits per heavy atom. The summed E-state index contributed by atoms with van der Waals surface area (Å²) in [7, 11) is 0. The van der Waals surface area contributed by atoms with Crippen LogP contribution in [0, 0.1) is 0 Å². The molecule has 0 saturated carbocycles. The number of pyridine rings is 1. The number of nitrogens with one attached hydrogen (secondary N) is 1. The number of anilines is 1. The van der Waals surface area contributed by atoms with Gasteiger partial charge >= 0.3 is 0 Å². The van der Waals surface area contributed by atoms with Gasteiger partial charge in [-0.2, -0.15) is 0 Å². The Balaban J connectivity index is 1.66. The van der Waals surface area contributed by atoms with Gasteiger partial charge in [-0.25, -0.2) is 4.98 Å². The number of hydrogen-bond acceptors (Lipinski definition) is 6. The summed E-state index contributed by atoms with van der Waals surface area (Å²) in [5, 5.41) is 12.2. The Morgan fingerprint density at radius 2 is 2.20 bits per heavy atom. The number of carbonyl (C=O) groups is 1. The standard InChI is InChI=1S/C15H13BrClN5O2S/c1-2-22-14(10-4-5-11(16)24-10)20-21-15(22)25-8-13(23)19-12-6-3-9(17)7-18-12/h3-7H,2,8H2,1H3,(H,18,19,23). The summed E-state index contributed by atoms with van der Waals surface area (Å²) in [5.74, 6) is 1.68. The van der Waals surface area contributed by atoms with Crippen molar-refractivity contribution in [2.75, 3.05) is 11.1 Å². The summed E-state index contributed by atoms with van der Waals surface area (Å²) in [6.45, 7) is 2.63. The predicted molar refractivity (Wildman–Crippen MR) is 99.7 cm³/mol. The highest BCUT2D eigenvalue weighted by Gasteiger charge is 2.17. The normalized spacial score (nSPS) is 10.8. The number of halogens is 2. The molecule has 0 saturated heterocycles. The molecule has 3 aromatic rings. The molecule has 0 aliphatic rings. The fraction of sp³-hybridized carbons (Fsp3) is 0.200. The van der Waals surface area contributed by atoms with Crippen molar-refractivity contribution >= 4 is 51.0 Å². The summed E-state index contributed by atoms with van der Waals surface area (Å²) in [6, 6.07) is 6.92. The zero-order chi connectivity index (χ0) is 17.8. The van der Waals surface area contributed by atoms with Crippen molar-refractivity contribution in [3.8, 4) is 11.6 Å². The molecule has 3 rings (SSSR count). The molecule has 7 nitrogen and oxygen atoms in total. The van der Waals surface area contributed by atoms with Crippen LogP contribution >= 0.6 is 39.3 Å². The van der Waals surface area contributed by atoms with Crippen LogP contribution in [0.2, 0.25) is 5.02 Å². The van der Waals surface area contributed by atoms with Crippen LogP contribution in [0.4, 0.5) is 5.82 Å². The monoisotopic (exact) mass is 441 g/mol. The molecule has 0 aromatic carbocycles. The van der Waals surface area contributed by atoms with E-state index >= 15 is 0 Å². The van der Waals surface area contributed by atoms with Gasteiger partial charge in [-0.15, -0.1) is 10.2 Å². The highest BCUT2D eigenvalue weighted by Crippen LogP contribution is 2.27. The predicted octanol–water partition coefficient (Wildman–Crippen LogP) is 4.10. The van der Waals surface area contributed by atoms with Crippen LogP contribution < -0.4 is 5.32 Å². The van der Waals surface area contributed by atoms with Gasteiger partial charge in [0.15, 0.2) is 15.6 Å². The molecule has 3 aromatic heterocycles. The Kier molecular flexibility index (Phi) is 5.77. The first-order valence-corrected chi connectivity index (χ1v) is 9.45. The van der Waals surface area contributed by atoms with Crippen LogP contribution in [0.25, 0.3) is 11.6 Å². The van der Waals surface area contributed by atoms with Gasteiger partial charge in [-0.05, 0) is 47.1 Å². The molecule has 1 amide bonds. The minimum absolute atomic E-state index is 0.185. The van der Waals surface area contributed by atoms with Crippen LogP contribution in [0.3, 0.4) is 0 Å². The average Bonchev–Trinajstić information content (AvgIpc) is 3.20. The van der Waals surface area contributed by atoms with E-state index < -0.39 is 0 Å². The van der Waals surface area contributed by atoms with E-state index in [4.69, 9.17) is 16.0 Å². The molecule has 0 radical (unpaired) electrons. The molecule has 10 heteroatoms. The van der Waals surface area contributed by atoms with E-state index in [1.54, 1.807) is 18.2 Å². The minimum Gasteiger partial charge on any atom is -0.446 e. The number of furan rings is 1. The molecule has 0 atom stereocenters. The van der Waals surface area contributed by atoms with Crippen molar-refractivity contribution in [1.82, 2.24) is 19.7 Å². The second-order valence-electron chi connectivity index (χ2n) is 4.85. The maximum atomic E-state index is 12.1. The van der Waals surface area contributed by atoms with E-state index in [1.807, 2.05) is 17.6 Å². The van der Waals surface area contributed by atoms with Gasteiger partial charge in [-0.1, -0.05) is 23.4 Å². The second-order valence-corrected chi connectivity index (χ2v) is 7.01. The van der Waals surface area contributed by atoms with Crippen molar-refractivity contribution in [1.29, 1.82) is 0 Å². The van der Waals surface area contributed by atoms with E-state index in [2.05, 4.69) is 36.4 Å². The molecule has 0 spiro atoms. The molecule has 0 bridgehead atoms. The number of aromatic nitrogens is 4. The van der Waals surface area contributed by atoms with Gasteiger partial charge in [0.05, 0.1) is 10.8 Å². The van der Waals surface area contributed by atoms with E-state index in [0.717, 1.165) is 0 Å². The Labute approximate surface area is 161 Å². The molecule has 25 heavy (non-hydrogen) atoms. The van der Waals surface area contributed by atoms with E-state index in [9.17, 15) is 4.79 Å². The van der Waals surface area contributed by atoms with Crippen LogP contribution in [-0.2, 0) is 11.3 Å². The van der Waals surface area contributed by atoms with Gasteiger partial charge in [0.25, 0.3) is 0 Å². The van der Waals surface area contributed by atoms with Crippen molar-refractivity contribution in [2.45, 2.75) is 18.6 Å². The maximum Gasteiger partial charge on any atom is 0.236 e. The molecule has 0 aliphatic heterocycles. The lowest BCUT2D eigenvalue weighted by Crippen LogP contribution is -2.15. The third-order valence-corrected chi connectivity index (χ3v) is 4.77. The number of amides is 1. The Morgan fingerprint density at radius 3 is 2.84 bits per heavy atom. The lowest BCUT2D eigenvalue weighted by Gasteiger charge is -2.06. The number of rotatable bonds is 6. The number of hydrogen-bond donors (Lipinski definition) is 1. The Hall–Kier alpha value is -1.84. The fourth-order valence-electron chi connectivity index (χ4n) is 2.06. The lowest BCUT2D eigenvalue weighted by atomic mass is 10.4.